The van der Waals surface area contributed by atoms with Crippen LogP contribution in [0.2, 0.25) is 15.1 Å². The van der Waals surface area contributed by atoms with E-state index < -0.39 is 34.3 Å². The van der Waals surface area contributed by atoms with Gasteiger partial charge in [-0.2, -0.15) is 13.2 Å². The summed E-state index contributed by atoms with van der Waals surface area (Å²) in [6.45, 7) is 0. The predicted molar refractivity (Wildman–Crippen MR) is 108 cm³/mol. The van der Waals surface area contributed by atoms with E-state index in [0.29, 0.717) is 12.3 Å². The highest BCUT2D eigenvalue weighted by atomic mass is 35.5. The Kier molecular flexibility index (Phi) is 7.28. The highest BCUT2D eigenvalue weighted by Crippen LogP contribution is 2.32. The molecule has 2 rings (SSSR count). The molecule has 0 unspecified atom stereocenters. The lowest BCUT2D eigenvalue weighted by Crippen LogP contribution is -2.35. The van der Waals surface area contributed by atoms with Crippen LogP contribution in [0.5, 0.6) is 0 Å². The van der Waals surface area contributed by atoms with Crippen molar-refractivity contribution in [1.29, 1.82) is 0 Å². The molecule has 2 aromatic rings. The van der Waals surface area contributed by atoms with Crippen LogP contribution in [0.25, 0.3) is 0 Å². The minimum atomic E-state index is -4.66. The number of halogens is 6. The molecule has 1 aromatic heterocycles. The Hall–Kier alpha value is -2.14. The minimum Gasteiger partial charge on any atom is -0.355 e. The van der Waals surface area contributed by atoms with Gasteiger partial charge in [0.1, 0.15) is 5.69 Å². The number of rotatable bonds is 3. The van der Waals surface area contributed by atoms with E-state index in [0.717, 1.165) is 0 Å². The lowest BCUT2D eigenvalue weighted by atomic mass is 10.1. The number of nitrogens with zero attached hydrogens (tertiary/aromatic N) is 1. The van der Waals surface area contributed by atoms with Crippen LogP contribution >= 0.6 is 47.0 Å². The topological polar surface area (TPSA) is 83.1 Å². The largest absolute Gasteiger partial charge is 0.417 e. The van der Waals surface area contributed by atoms with Gasteiger partial charge in [0, 0.05) is 18.3 Å². The molecule has 0 aliphatic heterocycles. The molecule has 29 heavy (non-hydrogen) atoms. The van der Waals surface area contributed by atoms with Crippen LogP contribution in [0.3, 0.4) is 0 Å². The summed E-state index contributed by atoms with van der Waals surface area (Å²) in [5.41, 5.74) is -1.47. The number of pyridine rings is 1. The smallest absolute Gasteiger partial charge is 0.355 e. The van der Waals surface area contributed by atoms with Crippen molar-refractivity contribution >= 4 is 69.6 Å². The average molecular weight is 486 g/mol. The fourth-order valence-corrected chi connectivity index (χ4v) is 3.07. The van der Waals surface area contributed by atoms with Gasteiger partial charge in [-0.3, -0.25) is 14.9 Å². The zero-order chi connectivity index (χ0) is 21.9. The summed E-state index contributed by atoms with van der Waals surface area (Å²) < 4.78 is 38.0. The van der Waals surface area contributed by atoms with Gasteiger partial charge < -0.3 is 10.6 Å². The number of amides is 2. The van der Waals surface area contributed by atoms with Gasteiger partial charge in [0.15, 0.2) is 5.11 Å². The first-order chi connectivity index (χ1) is 13.4. The summed E-state index contributed by atoms with van der Waals surface area (Å²) in [4.78, 5) is 27.7. The fraction of sp³-hybridized carbons (Fsp3) is 0.125. The third-order valence-electron chi connectivity index (χ3n) is 3.38. The molecule has 1 aromatic carbocycles. The lowest BCUT2D eigenvalue weighted by molar-refractivity contribution is -0.137. The van der Waals surface area contributed by atoms with Gasteiger partial charge >= 0.3 is 6.18 Å². The first kappa shape index (κ1) is 23.1. The highest BCUT2D eigenvalue weighted by Gasteiger charge is 2.32. The molecule has 0 bridgehead atoms. The van der Waals surface area contributed by atoms with Crippen LogP contribution in [0, 0.1) is 0 Å². The van der Waals surface area contributed by atoms with Gasteiger partial charge in [-0.25, -0.2) is 4.98 Å². The quantitative estimate of drug-likeness (QED) is 0.556. The van der Waals surface area contributed by atoms with Crippen molar-refractivity contribution in [2.45, 2.75) is 6.18 Å². The third-order valence-corrected chi connectivity index (χ3v) is 4.38. The molecule has 0 atom stereocenters. The second-order valence-corrected chi connectivity index (χ2v) is 7.01. The molecular weight excluding hydrogens is 476 g/mol. The number of alkyl halides is 3. The second kappa shape index (κ2) is 9.12. The summed E-state index contributed by atoms with van der Waals surface area (Å²) in [6.07, 6.45) is -4.19. The van der Waals surface area contributed by atoms with E-state index in [9.17, 15) is 22.8 Å². The van der Waals surface area contributed by atoms with Crippen molar-refractivity contribution in [3.05, 3.63) is 56.3 Å². The number of anilines is 1. The highest BCUT2D eigenvalue weighted by molar-refractivity contribution is 7.80. The number of aromatic nitrogens is 1. The zero-order valence-corrected chi connectivity index (χ0v) is 17.3. The molecule has 3 N–H and O–H groups in total. The SMILES string of the molecule is CNC(=O)c1cc(Cl)cc(Cl)c1NC(=S)NC(=O)c1ncc(C(F)(F)F)cc1Cl. The van der Waals surface area contributed by atoms with E-state index in [2.05, 4.69) is 20.9 Å². The molecule has 0 aliphatic rings. The maximum atomic E-state index is 12.7. The standard InChI is InChI=1S/C16H10Cl3F3N4O2S/c1-23-13(27)8-3-7(17)4-10(19)11(8)25-15(29)26-14(28)12-9(18)2-6(5-24-12)16(20,21)22/h2-5H,1H3,(H,23,27)(H2,25,26,28,29). The van der Waals surface area contributed by atoms with E-state index in [4.69, 9.17) is 47.0 Å². The van der Waals surface area contributed by atoms with Gasteiger partial charge in [0.05, 0.1) is 26.9 Å². The van der Waals surface area contributed by atoms with Gasteiger partial charge in [0.2, 0.25) is 0 Å². The Morgan fingerprint density at radius 1 is 1.07 bits per heavy atom. The molecule has 0 fully saturated rings. The molecule has 0 saturated heterocycles. The van der Waals surface area contributed by atoms with Crippen LogP contribution in [0.1, 0.15) is 26.4 Å². The summed E-state index contributed by atoms with van der Waals surface area (Å²) in [7, 11) is 1.39. The molecule has 0 spiro atoms. The Balaban J connectivity index is 2.22. The van der Waals surface area contributed by atoms with Crippen molar-refractivity contribution in [3.8, 4) is 0 Å². The average Bonchev–Trinajstić information content (AvgIpc) is 2.61. The van der Waals surface area contributed by atoms with Crippen LogP contribution in [0.4, 0.5) is 18.9 Å². The van der Waals surface area contributed by atoms with Crippen LogP contribution in [-0.2, 0) is 6.18 Å². The van der Waals surface area contributed by atoms with E-state index in [-0.39, 0.29) is 26.4 Å². The molecule has 0 radical (unpaired) electrons. The number of nitrogens with one attached hydrogen (secondary N) is 3. The normalized spacial score (nSPS) is 11.0. The summed E-state index contributed by atoms with van der Waals surface area (Å²) >= 11 is 22.7. The Bertz CT molecular complexity index is 1000. The molecule has 6 nitrogen and oxygen atoms in total. The minimum absolute atomic E-state index is 0.0402. The molecular formula is C16H10Cl3F3N4O2S. The molecule has 1 heterocycles. The van der Waals surface area contributed by atoms with Gasteiger partial charge in [-0.05, 0) is 30.4 Å². The van der Waals surface area contributed by atoms with Crippen molar-refractivity contribution in [3.63, 3.8) is 0 Å². The Labute approximate surface area is 182 Å². The van der Waals surface area contributed by atoms with E-state index in [1.54, 1.807) is 0 Å². The second-order valence-electron chi connectivity index (χ2n) is 5.35. The maximum Gasteiger partial charge on any atom is 0.417 e. The van der Waals surface area contributed by atoms with E-state index in [1.807, 2.05) is 0 Å². The van der Waals surface area contributed by atoms with Crippen LogP contribution < -0.4 is 16.0 Å². The Morgan fingerprint density at radius 2 is 1.72 bits per heavy atom. The first-order valence-corrected chi connectivity index (χ1v) is 9.04. The molecule has 0 aliphatic carbocycles. The number of hydrogen-bond acceptors (Lipinski definition) is 4. The van der Waals surface area contributed by atoms with Gasteiger partial charge in [0.25, 0.3) is 11.8 Å². The number of carbonyl (C=O) groups excluding carboxylic acids is 2. The first-order valence-electron chi connectivity index (χ1n) is 7.50. The monoisotopic (exact) mass is 484 g/mol. The van der Waals surface area contributed by atoms with Crippen molar-refractivity contribution in [2.75, 3.05) is 12.4 Å². The van der Waals surface area contributed by atoms with Crippen molar-refractivity contribution < 1.29 is 22.8 Å². The lowest BCUT2D eigenvalue weighted by Gasteiger charge is -2.15. The summed E-state index contributed by atoms with van der Waals surface area (Å²) in [5.74, 6) is -1.49. The van der Waals surface area contributed by atoms with Gasteiger partial charge in [-0.15, -0.1) is 0 Å². The summed E-state index contributed by atoms with van der Waals surface area (Å²) in [5, 5.41) is 6.58. The van der Waals surface area contributed by atoms with Crippen LogP contribution in [0.15, 0.2) is 24.4 Å². The molecule has 2 amide bonds. The molecule has 13 heteroatoms. The number of hydrogen-bond donors (Lipinski definition) is 3. The number of carbonyl (C=O) groups is 2. The van der Waals surface area contributed by atoms with Crippen molar-refractivity contribution in [1.82, 2.24) is 15.6 Å². The molecule has 0 saturated carbocycles. The van der Waals surface area contributed by atoms with Crippen LogP contribution in [-0.4, -0.2) is 29.0 Å². The number of thiocarbonyl (C=S) groups is 1. The van der Waals surface area contributed by atoms with E-state index in [1.165, 1.54) is 19.2 Å². The fourth-order valence-electron chi connectivity index (χ4n) is 2.08. The van der Waals surface area contributed by atoms with E-state index >= 15 is 0 Å². The summed E-state index contributed by atoms with van der Waals surface area (Å²) in [6, 6.07) is 3.24. The van der Waals surface area contributed by atoms with Crippen molar-refractivity contribution in [2.24, 2.45) is 0 Å². The van der Waals surface area contributed by atoms with Gasteiger partial charge in [-0.1, -0.05) is 34.8 Å². The maximum absolute atomic E-state index is 12.7. The Morgan fingerprint density at radius 3 is 2.28 bits per heavy atom. The predicted octanol–water partition coefficient (Wildman–Crippen LogP) is 4.55. The number of benzene rings is 1. The molecule has 154 valence electrons. The third kappa shape index (κ3) is 5.69. The zero-order valence-electron chi connectivity index (χ0n) is 14.2.